The van der Waals surface area contributed by atoms with E-state index in [1.54, 1.807) is 18.3 Å². The number of esters is 1. The third-order valence-electron chi connectivity index (χ3n) is 2.82. The molecular formula is C12H14O3S. The molecule has 16 heavy (non-hydrogen) atoms. The van der Waals surface area contributed by atoms with Gasteiger partial charge in [0.15, 0.2) is 5.78 Å². The number of hydrogen-bond acceptors (Lipinski definition) is 4. The van der Waals surface area contributed by atoms with Gasteiger partial charge in [-0.25, -0.2) is 0 Å². The lowest BCUT2D eigenvalue weighted by Crippen LogP contribution is -2.19. The maximum Gasteiger partial charge on any atom is 0.309 e. The van der Waals surface area contributed by atoms with Crippen LogP contribution >= 0.6 is 11.3 Å². The summed E-state index contributed by atoms with van der Waals surface area (Å²) >= 11 is 1.60. The quantitative estimate of drug-likeness (QED) is 0.587. The van der Waals surface area contributed by atoms with Crippen molar-refractivity contribution in [3.05, 3.63) is 21.9 Å². The lowest BCUT2D eigenvalue weighted by atomic mass is 9.99. The van der Waals surface area contributed by atoms with Gasteiger partial charge in [0.25, 0.3) is 0 Å². The summed E-state index contributed by atoms with van der Waals surface area (Å²) < 4.78 is 4.97. The number of carbonyl (C=O) groups excluding carboxylic acids is 2. The third-order valence-corrected chi connectivity index (χ3v) is 3.80. The summed E-state index contributed by atoms with van der Waals surface area (Å²) in [5.74, 6) is -0.412. The molecule has 0 amide bonds. The highest BCUT2D eigenvalue weighted by atomic mass is 32.1. The Morgan fingerprint density at radius 2 is 2.44 bits per heavy atom. The van der Waals surface area contributed by atoms with E-state index < -0.39 is 0 Å². The zero-order valence-corrected chi connectivity index (χ0v) is 10.0. The average Bonchev–Trinajstić information content (AvgIpc) is 2.66. The number of rotatable bonds is 2. The van der Waals surface area contributed by atoms with Crippen molar-refractivity contribution < 1.29 is 14.3 Å². The van der Waals surface area contributed by atoms with Crippen molar-refractivity contribution in [3.8, 4) is 0 Å². The fraction of sp³-hybridized carbons (Fsp3) is 0.500. The SMILES string of the molecule is CCOC(=O)C1CCc2sccc2C(=O)C1. The molecular weight excluding hydrogens is 224 g/mol. The first-order valence-electron chi connectivity index (χ1n) is 5.48. The Morgan fingerprint density at radius 3 is 3.19 bits per heavy atom. The highest BCUT2D eigenvalue weighted by Gasteiger charge is 2.28. The molecule has 0 bridgehead atoms. The molecule has 1 heterocycles. The summed E-state index contributed by atoms with van der Waals surface area (Å²) in [7, 11) is 0. The Bertz CT molecular complexity index is 408. The van der Waals surface area contributed by atoms with E-state index in [0.29, 0.717) is 13.0 Å². The highest BCUT2D eigenvalue weighted by Crippen LogP contribution is 2.28. The highest BCUT2D eigenvalue weighted by molar-refractivity contribution is 7.10. The topological polar surface area (TPSA) is 43.4 Å². The van der Waals surface area contributed by atoms with Crippen LogP contribution in [-0.2, 0) is 16.0 Å². The molecule has 2 rings (SSSR count). The van der Waals surface area contributed by atoms with Crippen LogP contribution in [0.4, 0.5) is 0 Å². The molecule has 3 nitrogen and oxygen atoms in total. The summed E-state index contributed by atoms with van der Waals surface area (Å²) in [4.78, 5) is 24.6. The molecule has 0 radical (unpaired) electrons. The van der Waals surface area contributed by atoms with E-state index in [9.17, 15) is 9.59 Å². The lowest BCUT2D eigenvalue weighted by Gasteiger charge is -2.11. The van der Waals surface area contributed by atoms with Crippen molar-refractivity contribution in [1.29, 1.82) is 0 Å². The minimum Gasteiger partial charge on any atom is -0.466 e. The monoisotopic (exact) mass is 238 g/mol. The van der Waals surface area contributed by atoms with E-state index in [2.05, 4.69) is 0 Å². The van der Waals surface area contributed by atoms with Crippen molar-refractivity contribution in [3.63, 3.8) is 0 Å². The van der Waals surface area contributed by atoms with Gasteiger partial charge >= 0.3 is 5.97 Å². The van der Waals surface area contributed by atoms with Crippen molar-refractivity contribution in [2.24, 2.45) is 5.92 Å². The minimum atomic E-state index is -0.257. The molecule has 0 fully saturated rings. The van der Waals surface area contributed by atoms with Gasteiger partial charge in [-0.2, -0.15) is 0 Å². The van der Waals surface area contributed by atoms with E-state index in [0.717, 1.165) is 23.3 Å². The summed E-state index contributed by atoms with van der Waals surface area (Å²) in [6.07, 6.45) is 1.82. The standard InChI is InChI=1S/C12H14O3S/c1-2-15-12(14)8-3-4-11-9(5-6-16-11)10(13)7-8/h5-6,8H,2-4,7H2,1H3. The molecule has 1 unspecified atom stereocenters. The van der Waals surface area contributed by atoms with Gasteiger partial charge in [-0.3, -0.25) is 9.59 Å². The zero-order valence-electron chi connectivity index (χ0n) is 9.19. The maximum atomic E-state index is 11.9. The largest absolute Gasteiger partial charge is 0.466 e. The molecule has 1 aliphatic rings. The second kappa shape index (κ2) is 4.78. The predicted octanol–water partition coefficient (Wildman–Crippen LogP) is 2.45. The van der Waals surface area contributed by atoms with Crippen LogP contribution in [0.5, 0.6) is 0 Å². The zero-order chi connectivity index (χ0) is 11.5. The fourth-order valence-corrected chi connectivity index (χ4v) is 2.90. The second-order valence-electron chi connectivity index (χ2n) is 3.87. The number of hydrogen-bond donors (Lipinski definition) is 0. The van der Waals surface area contributed by atoms with E-state index in [1.807, 2.05) is 11.4 Å². The minimum absolute atomic E-state index is 0.0757. The lowest BCUT2D eigenvalue weighted by molar-refractivity contribution is -0.148. The Labute approximate surface area is 98.4 Å². The fourth-order valence-electron chi connectivity index (χ4n) is 1.99. The molecule has 1 aromatic heterocycles. The molecule has 1 aromatic rings. The van der Waals surface area contributed by atoms with Crippen molar-refractivity contribution in [1.82, 2.24) is 0 Å². The van der Waals surface area contributed by atoms with Crippen LogP contribution in [0.2, 0.25) is 0 Å². The summed E-state index contributed by atoms with van der Waals surface area (Å²) in [6, 6.07) is 1.86. The molecule has 1 atom stereocenters. The average molecular weight is 238 g/mol. The van der Waals surface area contributed by atoms with Crippen LogP contribution in [0, 0.1) is 5.92 Å². The summed E-state index contributed by atoms with van der Waals surface area (Å²) in [6.45, 7) is 2.17. The van der Waals surface area contributed by atoms with Crippen molar-refractivity contribution in [2.75, 3.05) is 6.61 Å². The summed E-state index contributed by atoms with van der Waals surface area (Å²) in [5.41, 5.74) is 0.803. The number of fused-ring (bicyclic) bond motifs is 1. The first-order chi connectivity index (χ1) is 7.72. The smallest absolute Gasteiger partial charge is 0.309 e. The second-order valence-corrected chi connectivity index (χ2v) is 4.87. The molecule has 1 aliphatic carbocycles. The van der Waals surface area contributed by atoms with Gasteiger partial charge in [0.05, 0.1) is 12.5 Å². The Balaban J connectivity index is 2.12. The number of thiophene rings is 1. The van der Waals surface area contributed by atoms with Crippen LogP contribution < -0.4 is 0 Å². The molecule has 0 aromatic carbocycles. The molecule has 4 heteroatoms. The Morgan fingerprint density at radius 1 is 1.62 bits per heavy atom. The number of aryl methyl sites for hydroxylation is 1. The van der Waals surface area contributed by atoms with Crippen LogP contribution in [0.25, 0.3) is 0 Å². The van der Waals surface area contributed by atoms with Crippen LogP contribution in [0.15, 0.2) is 11.4 Å². The van der Waals surface area contributed by atoms with Gasteiger partial charge in [0.1, 0.15) is 0 Å². The van der Waals surface area contributed by atoms with Gasteiger partial charge in [-0.15, -0.1) is 11.3 Å². The van der Waals surface area contributed by atoms with Gasteiger partial charge in [0, 0.05) is 16.9 Å². The van der Waals surface area contributed by atoms with Crippen LogP contribution in [-0.4, -0.2) is 18.4 Å². The van der Waals surface area contributed by atoms with E-state index in [-0.39, 0.29) is 17.7 Å². The van der Waals surface area contributed by atoms with Gasteiger partial charge in [-0.05, 0) is 31.2 Å². The number of ether oxygens (including phenoxy) is 1. The number of Topliss-reactive ketones (excluding diaryl/α,β-unsaturated/α-hetero) is 1. The van der Waals surface area contributed by atoms with E-state index in [4.69, 9.17) is 4.74 Å². The normalized spacial score (nSPS) is 20.1. The van der Waals surface area contributed by atoms with Crippen LogP contribution in [0.1, 0.15) is 35.0 Å². The van der Waals surface area contributed by atoms with Crippen molar-refractivity contribution >= 4 is 23.1 Å². The van der Waals surface area contributed by atoms with Crippen LogP contribution in [0.3, 0.4) is 0 Å². The molecule has 0 spiro atoms. The number of carbonyl (C=O) groups is 2. The molecule has 0 N–H and O–H groups in total. The van der Waals surface area contributed by atoms with Crippen molar-refractivity contribution in [2.45, 2.75) is 26.2 Å². The first kappa shape index (κ1) is 11.3. The van der Waals surface area contributed by atoms with E-state index in [1.165, 1.54) is 0 Å². The third kappa shape index (κ3) is 2.16. The number of ketones is 1. The van der Waals surface area contributed by atoms with Gasteiger partial charge < -0.3 is 4.74 Å². The van der Waals surface area contributed by atoms with Gasteiger partial charge in [0.2, 0.25) is 0 Å². The maximum absolute atomic E-state index is 11.9. The predicted molar refractivity (Wildman–Crippen MR) is 61.7 cm³/mol. The van der Waals surface area contributed by atoms with E-state index >= 15 is 0 Å². The molecule has 0 saturated heterocycles. The molecule has 0 saturated carbocycles. The Hall–Kier alpha value is -1.16. The summed E-state index contributed by atoms with van der Waals surface area (Å²) in [5, 5.41) is 1.94. The molecule has 0 aliphatic heterocycles. The molecule has 86 valence electrons. The Kier molecular flexibility index (Phi) is 3.39. The van der Waals surface area contributed by atoms with Gasteiger partial charge in [-0.1, -0.05) is 0 Å². The first-order valence-corrected chi connectivity index (χ1v) is 6.36.